The van der Waals surface area contributed by atoms with Gasteiger partial charge in [0.15, 0.2) is 0 Å². The molecule has 1 heterocycles. The molecule has 0 radical (unpaired) electrons. The van der Waals surface area contributed by atoms with E-state index in [-0.39, 0.29) is 0 Å². The summed E-state index contributed by atoms with van der Waals surface area (Å²) in [7, 11) is -3.49. The minimum atomic E-state index is -3.49. The molecule has 0 saturated heterocycles. The molecule has 0 aromatic carbocycles. The maximum absolute atomic E-state index is 10.8. The van der Waals surface area contributed by atoms with Crippen molar-refractivity contribution in [3.63, 3.8) is 0 Å². The summed E-state index contributed by atoms with van der Waals surface area (Å²) in [6.45, 7) is 0. The summed E-state index contributed by atoms with van der Waals surface area (Å²) in [6, 6.07) is 0. The molecule has 56 valence electrons. The van der Waals surface area contributed by atoms with Gasteiger partial charge in [-0.3, -0.25) is 10.1 Å². The Bertz CT molecular complexity index is 228. The Morgan fingerprint density at radius 2 is 2.50 bits per heavy atom. The molecular weight excluding hydrogens is 151 g/mol. The Labute approximate surface area is 58.9 Å². The van der Waals surface area contributed by atoms with E-state index in [1.807, 2.05) is 0 Å². The molecule has 5 heteroatoms. The molecule has 1 atom stereocenters. The maximum Gasteiger partial charge on any atom is 0.292 e. The summed E-state index contributed by atoms with van der Waals surface area (Å²) < 4.78 is 10.8. The van der Waals surface area contributed by atoms with Crippen molar-refractivity contribution < 1.29 is 9.46 Å². The molecule has 0 bridgehead atoms. The Morgan fingerprint density at radius 3 is 2.80 bits per heavy atom. The molecule has 0 spiro atoms. The van der Waals surface area contributed by atoms with Crippen molar-refractivity contribution in [2.45, 2.75) is 6.42 Å². The lowest BCUT2D eigenvalue weighted by Gasteiger charge is -2.10. The fourth-order valence-electron chi connectivity index (χ4n) is 0.674. The Balaban J connectivity index is 2.75. The van der Waals surface area contributed by atoms with Crippen LogP contribution in [-0.2, 0) is 4.57 Å². The van der Waals surface area contributed by atoms with E-state index in [1.165, 1.54) is 6.20 Å². The van der Waals surface area contributed by atoms with Crippen LogP contribution < -0.4 is 10.8 Å². The number of dihydropyridines is 1. The van der Waals surface area contributed by atoms with Gasteiger partial charge in [0, 0.05) is 17.9 Å². The van der Waals surface area contributed by atoms with Crippen molar-refractivity contribution in [2.24, 2.45) is 5.50 Å². The predicted octanol–water partition coefficient (Wildman–Crippen LogP) is 0.479. The molecule has 4 nitrogen and oxygen atoms in total. The van der Waals surface area contributed by atoms with Gasteiger partial charge >= 0.3 is 0 Å². The Morgan fingerprint density at radius 1 is 1.80 bits per heavy atom. The molecule has 1 aliphatic heterocycles. The lowest BCUT2D eigenvalue weighted by atomic mass is 10.3. The van der Waals surface area contributed by atoms with Gasteiger partial charge in [0.1, 0.15) is 0 Å². The van der Waals surface area contributed by atoms with Crippen LogP contribution in [0.3, 0.4) is 0 Å². The van der Waals surface area contributed by atoms with Gasteiger partial charge in [-0.25, -0.2) is 0 Å². The second-order valence-corrected chi connectivity index (χ2v) is 3.85. The number of hydrogen-bond acceptors (Lipinski definition) is 2. The highest BCUT2D eigenvalue weighted by Gasteiger charge is 2.17. The standard InChI is InChI=1S/C5H9N2O2P/c6-10(8,9)5-2-1-3-7-4-5/h1,3-4,7H,2H2,(H3,6,8,9). The maximum atomic E-state index is 10.8. The second-order valence-electron chi connectivity index (χ2n) is 2.03. The van der Waals surface area contributed by atoms with Crippen LogP contribution in [0.1, 0.15) is 6.42 Å². The van der Waals surface area contributed by atoms with E-state index in [2.05, 4.69) is 5.32 Å². The van der Waals surface area contributed by atoms with E-state index in [0.29, 0.717) is 11.7 Å². The van der Waals surface area contributed by atoms with Gasteiger partial charge in [0.05, 0.1) is 0 Å². The third-order valence-corrected chi connectivity index (χ3v) is 2.34. The van der Waals surface area contributed by atoms with Crippen molar-refractivity contribution in [3.8, 4) is 0 Å². The first-order chi connectivity index (χ1) is 4.61. The molecule has 10 heavy (non-hydrogen) atoms. The minimum Gasteiger partial charge on any atom is -0.367 e. The molecular formula is C5H9N2O2P. The smallest absolute Gasteiger partial charge is 0.292 e. The van der Waals surface area contributed by atoms with Gasteiger partial charge in [0.25, 0.3) is 7.52 Å². The topological polar surface area (TPSA) is 75.4 Å². The largest absolute Gasteiger partial charge is 0.367 e. The quantitative estimate of drug-likeness (QED) is 0.487. The van der Waals surface area contributed by atoms with Gasteiger partial charge in [-0.15, -0.1) is 0 Å². The van der Waals surface area contributed by atoms with Crippen LogP contribution in [0, 0.1) is 0 Å². The van der Waals surface area contributed by atoms with Crippen LogP contribution >= 0.6 is 7.52 Å². The van der Waals surface area contributed by atoms with Crippen molar-refractivity contribution in [1.29, 1.82) is 0 Å². The first-order valence-electron chi connectivity index (χ1n) is 2.83. The van der Waals surface area contributed by atoms with Crippen LogP contribution in [0.4, 0.5) is 0 Å². The van der Waals surface area contributed by atoms with Gasteiger partial charge in [-0.1, -0.05) is 6.08 Å². The summed E-state index contributed by atoms with van der Waals surface area (Å²) >= 11 is 0. The highest BCUT2D eigenvalue weighted by molar-refractivity contribution is 7.60. The second kappa shape index (κ2) is 2.58. The van der Waals surface area contributed by atoms with E-state index in [4.69, 9.17) is 10.4 Å². The number of nitrogens with two attached hydrogens (primary N) is 1. The zero-order chi connectivity index (χ0) is 7.61. The van der Waals surface area contributed by atoms with Gasteiger partial charge in [-0.2, -0.15) is 0 Å². The monoisotopic (exact) mass is 160 g/mol. The number of nitrogens with one attached hydrogen (secondary N) is 1. The third-order valence-electron chi connectivity index (χ3n) is 1.20. The van der Waals surface area contributed by atoms with Gasteiger partial charge in [0.2, 0.25) is 0 Å². The van der Waals surface area contributed by atoms with Crippen LogP contribution in [-0.4, -0.2) is 4.89 Å². The van der Waals surface area contributed by atoms with Crippen molar-refractivity contribution in [1.82, 2.24) is 5.32 Å². The van der Waals surface area contributed by atoms with E-state index in [1.54, 1.807) is 12.3 Å². The van der Waals surface area contributed by atoms with E-state index < -0.39 is 7.52 Å². The highest BCUT2D eigenvalue weighted by atomic mass is 31.2. The molecule has 1 aliphatic rings. The first kappa shape index (κ1) is 7.54. The molecule has 0 fully saturated rings. The minimum absolute atomic E-state index is 0.356. The fourth-order valence-corrected chi connectivity index (χ4v) is 1.30. The zero-order valence-corrected chi connectivity index (χ0v) is 6.21. The van der Waals surface area contributed by atoms with Crippen molar-refractivity contribution in [3.05, 3.63) is 23.8 Å². The Hall–Kier alpha value is -0.570. The molecule has 0 amide bonds. The molecule has 0 aliphatic carbocycles. The lowest BCUT2D eigenvalue weighted by Crippen LogP contribution is -2.05. The van der Waals surface area contributed by atoms with Crippen molar-refractivity contribution in [2.75, 3.05) is 0 Å². The van der Waals surface area contributed by atoms with Crippen LogP contribution in [0.5, 0.6) is 0 Å². The van der Waals surface area contributed by atoms with E-state index in [0.717, 1.165) is 0 Å². The number of allylic oxidation sites excluding steroid dienone is 2. The summed E-state index contributed by atoms with van der Waals surface area (Å²) in [5, 5.41) is 3.04. The molecule has 1 unspecified atom stereocenters. The van der Waals surface area contributed by atoms with Gasteiger partial charge in [-0.05, 0) is 6.20 Å². The number of rotatable bonds is 1. The van der Waals surface area contributed by atoms with E-state index in [9.17, 15) is 4.57 Å². The zero-order valence-electron chi connectivity index (χ0n) is 5.32. The predicted molar refractivity (Wildman–Crippen MR) is 39.0 cm³/mol. The SMILES string of the molecule is NP(=O)(O)C1=CNC=CC1. The molecule has 0 saturated carbocycles. The average Bonchev–Trinajstić information content (AvgIpc) is 1.88. The summed E-state index contributed by atoms with van der Waals surface area (Å²) in [5.41, 5.74) is 4.98. The summed E-state index contributed by atoms with van der Waals surface area (Å²) in [4.78, 5) is 8.83. The highest BCUT2D eigenvalue weighted by Crippen LogP contribution is 2.43. The summed E-state index contributed by atoms with van der Waals surface area (Å²) in [6.07, 6.45) is 5.35. The first-order valence-corrected chi connectivity index (χ1v) is 4.55. The molecule has 4 N–H and O–H groups in total. The van der Waals surface area contributed by atoms with Crippen LogP contribution in [0.2, 0.25) is 0 Å². The average molecular weight is 160 g/mol. The summed E-state index contributed by atoms with van der Waals surface area (Å²) in [5.74, 6) is 0. The normalized spacial score (nSPS) is 22.8. The fraction of sp³-hybridized carbons (Fsp3) is 0.200. The van der Waals surface area contributed by atoms with Crippen LogP contribution in [0.15, 0.2) is 23.8 Å². The van der Waals surface area contributed by atoms with Gasteiger partial charge < -0.3 is 10.2 Å². The molecule has 0 aromatic rings. The Kier molecular flexibility index (Phi) is 1.94. The molecule has 1 rings (SSSR count). The van der Waals surface area contributed by atoms with Crippen LogP contribution in [0.25, 0.3) is 0 Å². The number of hydrogen-bond donors (Lipinski definition) is 3. The van der Waals surface area contributed by atoms with Crippen molar-refractivity contribution >= 4 is 7.52 Å². The third kappa shape index (κ3) is 1.70. The lowest BCUT2D eigenvalue weighted by molar-refractivity contribution is 0.486. The molecule has 0 aromatic heterocycles. The van der Waals surface area contributed by atoms with E-state index >= 15 is 0 Å².